The van der Waals surface area contributed by atoms with Crippen molar-refractivity contribution in [2.45, 2.75) is 25.4 Å². The second kappa shape index (κ2) is 4.86. The summed E-state index contributed by atoms with van der Waals surface area (Å²) < 4.78 is 2.30. The monoisotopic (exact) mass is 297 g/mol. The molecule has 2 N–H and O–H groups in total. The van der Waals surface area contributed by atoms with Gasteiger partial charge in [-0.3, -0.25) is 0 Å². The molecule has 2 aromatic carbocycles. The smallest absolute Gasteiger partial charge is 0.141 e. The van der Waals surface area contributed by atoms with Crippen LogP contribution in [0.2, 0.25) is 5.02 Å². The van der Waals surface area contributed by atoms with E-state index in [0.717, 1.165) is 33.0 Å². The van der Waals surface area contributed by atoms with Crippen LogP contribution in [0.25, 0.3) is 22.4 Å². The Balaban J connectivity index is 1.99. The fourth-order valence-electron chi connectivity index (χ4n) is 2.84. The summed E-state index contributed by atoms with van der Waals surface area (Å²) in [5.74, 6) is 0.996. The van der Waals surface area contributed by atoms with Gasteiger partial charge in [0, 0.05) is 18.2 Å². The number of imidazole rings is 1. The predicted molar refractivity (Wildman–Crippen MR) is 86.3 cm³/mol. The second-order valence-corrected chi connectivity index (χ2v) is 5.96. The zero-order chi connectivity index (χ0) is 14.4. The first-order valence-electron chi connectivity index (χ1n) is 7.24. The SMILES string of the molecule is NCc1cccc(-c2nc3cccc(Cl)c3n2C2CC2)c1. The molecule has 3 nitrogen and oxygen atoms in total. The molecule has 0 saturated heterocycles. The molecular formula is C17H16ClN3. The molecule has 0 spiro atoms. The van der Waals surface area contributed by atoms with Crippen molar-refractivity contribution in [3.05, 3.63) is 53.1 Å². The molecule has 4 heteroatoms. The number of nitrogens with two attached hydrogens (primary N) is 1. The number of benzene rings is 2. The summed E-state index contributed by atoms with van der Waals surface area (Å²) in [6.45, 7) is 0.540. The van der Waals surface area contributed by atoms with E-state index in [0.29, 0.717) is 12.6 Å². The van der Waals surface area contributed by atoms with E-state index in [4.69, 9.17) is 22.3 Å². The molecule has 1 fully saturated rings. The minimum absolute atomic E-state index is 0.520. The van der Waals surface area contributed by atoms with Crippen LogP contribution in [-0.2, 0) is 6.54 Å². The number of hydrogen-bond donors (Lipinski definition) is 1. The molecule has 21 heavy (non-hydrogen) atoms. The molecule has 0 bridgehead atoms. The largest absolute Gasteiger partial charge is 0.326 e. The molecule has 3 aromatic rings. The normalized spacial score (nSPS) is 14.8. The van der Waals surface area contributed by atoms with Crippen LogP contribution in [0, 0.1) is 0 Å². The van der Waals surface area contributed by atoms with Crippen molar-refractivity contribution >= 4 is 22.6 Å². The Kier molecular flexibility index (Phi) is 2.98. The van der Waals surface area contributed by atoms with Gasteiger partial charge in [0.1, 0.15) is 5.82 Å². The van der Waals surface area contributed by atoms with Crippen LogP contribution in [0.4, 0.5) is 0 Å². The maximum Gasteiger partial charge on any atom is 0.141 e. The van der Waals surface area contributed by atoms with Crippen molar-refractivity contribution in [2.75, 3.05) is 0 Å². The third-order valence-electron chi connectivity index (χ3n) is 3.99. The van der Waals surface area contributed by atoms with Crippen molar-refractivity contribution in [3.8, 4) is 11.4 Å². The van der Waals surface area contributed by atoms with Crippen LogP contribution < -0.4 is 5.73 Å². The van der Waals surface area contributed by atoms with Crippen molar-refractivity contribution in [3.63, 3.8) is 0 Å². The van der Waals surface area contributed by atoms with E-state index in [1.165, 1.54) is 12.8 Å². The maximum absolute atomic E-state index is 6.41. The van der Waals surface area contributed by atoms with Gasteiger partial charge in [-0.1, -0.05) is 35.9 Å². The minimum atomic E-state index is 0.520. The number of rotatable bonds is 3. The zero-order valence-corrected chi connectivity index (χ0v) is 12.3. The first kappa shape index (κ1) is 12.9. The highest BCUT2D eigenvalue weighted by Crippen LogP contribution is 2.42. The molecule has 1 aliphatic carbocycles. The fourth-order valence-corrected chi connectivity index (χ4v) is 3.10. The summed E-state index contributed by atoms with van der Waals surface area (Å²) in [6.07, 6.45) is 2.39. The van der Waals surface area contributed by atoms with Gasteiger partial charge >= 0.3 is 0 Å². The summed E-state index contributed by atoms with van der Waals surface area (Å²) in [5, 5.41) is 0.771. The lowest BCUT2D eigenvalue weighted by Crippen LogP contribution is -2.00. The van der Waals surface area contributed by atoms with Crippen LogP contribution in [0.3, 0.4) is 0 Å². The fraction of sp³-hybridized carbons (Fsp3) is 0.235. The summed E-state index contributed by atoms with van der Waals surface area (Å²) in [6, 6.07) is 14.7. The molecule has 1 aromatic heterocycles. The van der Waals surface area contributed by atoms with E-state index in [-0.39, 0.29) is 0 Å². The van der Waals surface area contributed by atoms with E-state index < -0.39 is 0 Å². The van der Waals surface area contributed by atoms with Crippen molar-refractivity contribution in [2.24, 2.45) is 5.73 Å². The average Bonchev–Trinajstić information content (AvgIpc) is 3.27. The highest BCUT2D eigenvalue weighted by atomic mass is 35.5. The van der Waals surface area contributed by atoms with Gasteiger partial charge in [0.05, 0.1) is 16.1 Å². The molecule has 1 heterocycles. The Bertz CT molecular complexity index is 818. The predicted octanol–water partition coefficient (Wildman–Crippen LogP) is 4.15. The topological polar surface area (TPSA) is 43.8 Å². The summed E-state index contributed by atoms with van der Waals surface area (Å²) in [5.41, 5.74) is 10.00. The van der Waals surface area contributed by atoms with Crippen LogP contribution >= 0.6 is 11.6 Å². The van der Waals surface area contributed by atoms with E-state index in [1.54, 1.807) is 0 Å². The van der Waals surface area contributed by atoms with Crippen LogP contribution in [-0.4, -0.2) is 9.55 Å². The van der Waals surface area contributed by atoms with Crippen molar-refractivity contribution in [1.82, 2.24) is 9.55 Å². The molecular weight excluding hydrogens is 282 g/mol. The number of aromatic nitrogens is 2. The Hall–Kier alpha value is -1.84. The lowest BCUT2D eigenvalue weighted by atomic mass is 10.1. The molecule has 0 unspecified atom stereocenters. The third kappa shape index (κ3) is 2.13. The number of para-hydroxylation sites is 1. The Labute approximate surface area is 128 Å². The number of halogens is 1. The number of nitrogens with zero attached hydrogens (tertiary/aromatic N) is 2. The second-order valence-electron chi connectivity index (χ2n) is 5.55. The van der Waals surface area contributed by atoms with E-state index >= 15 is 0 Å². The quantitative estimate of drug-likeness (QED) is 0.789. The Morgan fingerprint density at radius 3 is 2.76 bits per heavy atom. The van der Waals surface area contributed by atoms with Gasteiger partial charge < -0.3 is 10.3 Å². The standard InChI is InChI=1S/C17H16ClN3/c18-14-5-2-6-15-16(14)21(13-7-8-13)17(20-15)12-4-1-3-11(9-12)10-19/h1-6,9,13H,7-8,10,19H2. The van der Waals surface area contributed by atoms with Crippen LogP contribution in [0.1, 0.15) is 24.4 Å². The van der Waals surface area contributed by atoms with Crippen LogP contribution in [0.5, 0.6) is 0 Å². The molecule has 1 aliphatic rings. The van der Waals surface area contributed by atoms with Gasteiger partial charge in [-0.2, -0.15) is 0 Å². The Morgan fingerprint density at radius 2 is 2.00 bits per heavy atom. The van der Waals surface area contributed by atoms with E-state index in [2.05, 4.69) is 16.7 Å². The van der Waals surface area contributed by atoms with Crippen LogP contribution in [0.15, 0.2) is 42.5 Å². The van der Waals surface area contributed by atoms with Crippen molar-refractivity contribution in [1.29, 1.82) is 0 Å². The molecule has 4 rings (SSSR count). The lowest BCUT2D eigenvalue weighted by Gasteiger charge is -2.09. The third-order valence-corrected chi connectivity index (χ3v) is 4.30. The highest BCUT2D eigenvalue weighted by Gasteiger charge is 2.29. The van der Waals surface area contributed by atoms with Gasteiger partial charge in [-0.25, -0.2) is 4.98 Å². The Morgan fingerprint density at radius 1 is 1.19 bits per heavy atom. The average molecular weight is 298 g/mol. The summed E-state index contributed by atoms with van der Waals surface area (Å²) in [4.78, 5) is 4.82. The van der Waals surface area contributed by atoms with Crippen molar-refractivity contribution < 1.29 is 0 Å². The molecule has 106 valence electrons. The highest BCUT2D eigenvalue weighted by molar-refractivity contribution is 6.35. The maximum atomic E-state index is 6.41. The zero-order valence-electron chi connectivity index (χ0n) is 11.6. The van der Waals surface area contributed by atoms with Gasteiger partial charge in [-0.05, 0) is 36.6 Å². The lowest BCUT2D eigenvalue weighted by molar-refractivity contribution is 0.775. The molecule has 0 atom stereocenters. The number of hydrogen-bond acceptors (Lipinski definition) is 2. The minimum Gasteiger partial charge on any atom is -0.326 e. The van der Waals surface area contributed by atoms with Gasteiger partial charge in [0.2, 0.25) is 0 Å². The summed E-state index contributed by atoms with van der Waals surface area (Å²) in [7, 11) is 0. The number of fused-ring (bicyclic) bond motifs is 1. The van der Waals surface area contributed by atoms with Gasteiger partial charge in [0.15, 0.2) is 0 Å². The van der Waals surface area contributed by atoms with Gasteiger partial charge in [-0.15, -0.1) is 0 Å². The van der Waals surface area contributed by atoms with Gasteiger partial charge in [0.25, 0.3) is 0 Å². The van der Waals surface area contributed by atoms with E-state index in [9.17, 15) is 0 Å². The molecule has 1 saturated carbocycles. The molecule has 0 amide bonds. The molecule has 0 aliphatic heterocycles. The molecule has 0 radical (unpaired) electrons. The first-order chi connectivity index (χ1) is 10.3. The first-order valence-corrected chi connectivity index (χ1v) is 7.61. The summed E-state index contributed by atoms with van der Waals surface area (Å²) >= 11 is 6.41. The van der Waals surface area contributed by atoms with E-state index in [1.807, 2.05) is 30.3 Å².